The van der Waals surface area contributed by atoms with E-state index in [0.717, 1.165) is 12.0 Å². The van der Waals surface area contributed by atoms with E-state index >= 15 is 0 Å². The predicted molar refractivity (Wildman–Crippen MR) is 85.9 cm³/mol. The fourth-order valence-corrected chi connectivity index (χ4v) is 3.24. The normalized spacial score (nSPS) is 15.8. The molecule has 3 amide bonds. The molecule has 0 radical (unpaired) electrons. The van der Waals surface area contributed by atoms with Crippen molar-refractivity contribution in [2.24, 2.45) is 0 Å². The molecule has 1 aromatic rings. The predicted octanol–water partition coefficient (Wildman–Crippen LogP) is 1.45. The van der Waals surface area contributed by atoms with Crippen LogP contribution in [-0.4, -0.2) is 61.6 Å². The smallest absolute Gasteiger partial charge is 0.318 e. The molecule has 0 aliphatic carbocycles. The van der Waals surface area contributed by atoms with Gasteiger partial charge >= 0.3 is 6.03 Å². The van der Waals surface area contributed by atoms with Gasteiger partial charge in [0.2, 0.25) is 5.91 Å². The average Bonchev–Trinajstić information content (AvgIpc) is 2.82. The summed E-state index contributed by atoms with van der Waals surface area (Å²) < 4.78 is 5.01. The quantitative estimate of drug-likeness (QED) is 0.891. The Morgan fingerprint density at radius 3 is 2.91 bits per heavy atom. The van der Waals surface area contributed by atoms with Gasteiger partial charge in [-0.3, -0.25) is 4.79 Å². The first kappa shape index (κ1) is 16.8. The molecule has 1 saturated heterocycles. The Labute approximate surface area is 135 Å². The Morgan fingerprint density at radius 1 is 1.41 bits per heavy atom. The number of hydrogen-bond donors (Lipinski definition) is 1. The van der Waals surface area contributed by atoms with Crippen LogP contribution in [0.1, 0.15) is 17.5 Å². The number of urea groups is 1. The van der Waals surface area contributed by atoms with Crippen molar-refractivity contribution in [3.8, 4) is 0 Å². The summed E-state index contributed by atoms with van der Waals surface area (Å²) in [6.45, 7) is 5.05. The van der Waals surface area contributed by atoms with Gasteiger partial charge in [0.25, 0.3) is 0 Å². The van der Waals surface area contributed by atoms with Crippen molar-refractivity contribution in [2.75, 3.05) is 39.9 Å². The lowest BCUT2D eigenvalue weighted by Gasteiger charge is -2.22. The van der Waals surface area contributed by atoms with Gasteiger partial charge in [-0.2, -0.15) is 11.3 Å². The minimum absolute atomic E-state index is 0.0172. The largest absolute Gasteiger partial charge is 0.383 e. The molecular formula is C15H23N3O3S. The molecule has 1 aliphatic heterocycles. The first-order valence-electron chi connectivity index (χ1n) is 7.43. The maximum absolute atomic E-state index is 12.2. The van der Waals surface area contributed by atoms with Crippen molar-refractivity contribution in [3.63, 3.8) is 0 Å². The molecule has 2 rings (SSSR count). The Morgan fingerprint density at radius 2 is 2.23 bits per heavy atom. The molecular weight excluding hydrogens is 302 g/mol. The number of rotatable bonds is 5. The zero-order valence-electron chi connectivity index (χ0n) is 13.1. The number of carbonyl (C=O) groups is 2. The molecule has 0 aromatic carbocycles. The lowest BCUT2D eigenvalue weighted by Crippen LogP contribution is -2.44. The second-order valence-electron chi connectivity index (χ2n) is 5.39. The number of nitrogens with one attached hydrogen (secondary N) is 1. The third-order valence-electron chi connectivity index (χ3n) is 3.78. The lowest BCUT2D eigenvalue weighted by atomic mass is 10.2. The Balaban J connectivity index is 1.85. The minimum atomic E-state index is -0.174. The summed E-state index contributed by atoms with van der Waals surface area (Å²) in [5, 5.41) is 7.00. The van der Waals surface area contributed by atoms with Crippen LogP contribution in [-0.2, 0) is 16.1 Å². The van der Waals surface area contributed by atoms with Gasteiger partial charge in [0.05, 0.1) is 6.61 Å². The number of carbonyl (C=O) groups excluding carboxylic acids is 2. The van der Waals surface area contributed by atoms with Gasteiger partial charge in [0.1, 0.15) is 6.54 Å². The second-order valence-corrected chi connectivity index (χ2v) is 6.13. The van der Waals surface area contributed by atoms with Crippen molar-refractivity contribution in [2.45, 2.75) is 19.9 Å². The monoisotopic (exact) mass is 325 g/mol. The van der Waals surface area contributed by atoms with Crippen molar-refractivity contribution in [3.05, 3.63) is 21.9 Å². The first-order valence-corrected chi connectivity index (χ1v) is 8.37. The number of thiophene rings is 1. The zero-order chi connectivity index (χ0) is 15.9. The maximum Gasteiger partial charge on any atom is 0.318 e. The third-order valence-corrected chi connectivity index (χ3v) is 4.69. The minimum Gasteiger partial charge on any atom is -0.383 e. The van der Waals surface area contributed by atoms with Gasteiger partial charge in [0.15, 0.2) is 0 Å². The summed E-state index contributed by atoms with van der Waals surface area (Å²) in [5.74, 6) is -0.0172. The molecule has 6 nitrogen and oxygen atoms in total. The van der Waals surface area contributed by atoms with Crippen LogP contribution >= 0.6 is 11.3 Å². The van der Waals surface area contributed by atoms with Gasteiger partial charge in [-0.1, -0.05) is 0 Å². The molecule has 1 aromatic heterocycles. The van der Waals surface area contributed by atoms with Crippen LogP contribution < -0.4 is 5.32 Å². The number of aryl methyl sites for hydroxylation is 1. The number of hydrogen-bond acceptors (Lipinski definition) is 4. The van der Waals surface area contributed by atoms with E-state index in [9.17, 15) is 9.59 Å². The number of methoxy groups -OCH3 is 1. The molecule has 122 valence electrons. The second kappa shape index (κ2) is 8.14. The number of amides is 3. The first-order chi connectivity index (χ1) is 10.6. The molecule has 7 heteroatoms. The molecule has 0 atom stereocenters. The maximum atomic E-state index is 12.2. The highest BCUT2D eigenvalue weighted by molar-refractivity contribution is 7.08. The van der Waals surface area contributed by atoms with Crippen LogP contribution in [0.2, 0.25) is 0 Å². The van der Waals surface area contributed by atoms with E-state index in [1.807, 2.05) is 12.3 Å². The van der Waals surface area contributed by atoms with Gasteiger partial charge in [0, 0.05) is 33.3 Å². The molecule has 1 N–H and O–H groups in total. The summed E-state index contributed by atoms with van der Waals surface area (Å²) in [6, 6.07) is -0.174. The fraction of sp³-hybridized carbons (Fsp3) is 0.600. The standard InChI is InChI=1S/C15H23N3O3S/c1-12-10-22-11-13(12)8-16-15(20)18-5-3-4-17(6-7-21-2)14(19)9-18/h10-11H,3-9H2,1-2H3,(H,16,20). The van der Waals surface area contributed by atoms with Crippen LogP contribution in [0.15, 0.2) is 10.8 Å². The molecule has 0 spiro atoms. The number of nitrogens with zero attached hydrogens (tertiary/aromatic N) is 2. The van der Waals surface area contributed by atoms with Gasteiger partial charge in [-0.05, 0) is 35.2 Å². The molecule has 22 heavy (non-hydrogen) atoms. The van der Waals surface area contributed by atoms with Crippen molar-refractivity contribution >= 4 is 23.3 Å². The highest BCUT2D eigenvalue weighted by atomic mass is 32.1. The topological polar surface area (TPSA) is 61.9 Å². The van der Waals surface area contributed by atoms with Crippen LogP contribution in [0.5, 0.6) is 0 Å². The van der Waals surface area contributed by atoms with Crippen LogP contribution in [0.3, 0.4) is 0 Å². The van der Waals surface area contributed by atoms with E-state index in [2.05, 4.69) is 10.7 Å². The summed E-state index contributed by atoms with van der Waals surface area (Å²) in [6.07, 6.45) is 0.792. The Hall–Kier alpha value is -1.60. The SMILES string of the molecule is COCCN1CCCN(C(=O)NCc2cscc2C)CC1=O. The number of ether oxygens (including phenoxy) is 1. The summed E-state index contributed by atoms with van der Waals surface area (Å²) >= 11 is 1.63. The van der Waals surface area contributed by atoms with E-state index < -0.39 is 0 Å². The summed E-state index contributed by atoms with van der Waals surface area (Å²) in [7, 11) is 1.62. The van der Waals surface area contributed by atoms with E-state index in [4.69, 9.17) is 4.74 Å². The molecule has 2 heterocycles. The average molecular weight is 325 g/mol. The summed E-state index contributed by atoms with van der Waals surface area (Å²) in [5.41, 5.74) is 2.31. The molecule has 1 fully saturated rings. The highest BCUT2D eigenvalue weighted by Crippen LogP contribution is 2.13. The van der Waals surface area contributed by atoms with Crippen molar-refractivity contribution < 1.29 is 14.3 Å². The van der Waals surface area contributed by atoms with Crippen molar-refractivity contribution in [1.82, 2.24) is 15.1 Å². The lowest BCUT2D eigenvalue weighted by molar-refractivity contribution is -0.131. The summed E-state index contributed by atoms with van der Waals surface area (Å²) in [4.78, 5) is 27.8. The highest BCUT2D eigenvalue weighted by Gasteiger charge is 2.24. The van der Waals surface area contributed by atoms with Crippen LogP contribution in [0, 0.1) is 6.92 Å². The van der Waals surface area contributed by atoms with E-state index in [1.54, 1.807) is 28.2 Å². The van der Waals surface area contributed by atoms with E-state index in [0.29, 0.717) is 32.8 Å². The molecule has 0 unspecified atom stereocenters. The van der Waals surface area contributed by atoms with Gasteiger partial charge in [-0.25, -0.2) is 4.79 Å². The van der Waals surface area contributed by atoms with E-state index in [1.165, 1.54) is 5.56 Å². The van der Waals surface area contributed by atoms with Crippen molar-refractivity contribution in [1.29, 1.82) is 0 Å². The van der Waals surface area contributed by atoms with Crippen LogP contribution in [0.4, 0.5) is 4.79 Å². The van der Waals surface area contributed by atoms with Gasteiger partial charge < -0.3 is 19.9 Å². The third kappa shape index (κ3) is 4.45. The Kier molecular flexibility index (Phi) is 6.21. The molecule has 1 aliphatic rings. The van der Waals surface area contributed by atoms with E-state index in [-0.39, 0.29) is 18.5 Å². The fourth-order valence-electron chi connectivity index (χ4n) is 2.38. The molecule has 0 saturated carbocycles. The van der Waals surface area contributed by atoms with Gasteiger partial charge in [-0.15, -0.1) is 0 Å². The zero-order valence-corrected chi connectivity index (χ0v) is 13.9. The van der Waals surface area contributed by atoms with Crippen LogP contribution in [0.25, 0.3) is 0 Å². The molecule has 0 bridgehead atoms. The Bertz CT molecular complexity index is 518.